The molecule has 4 heteroatoms. The van der Waals surface area contributed by atoms with Crippen molar-refractivity contribution in [2.75, 3.05) is 7.11 Å². The smallest absolute Gasteiger partial charge is 0.328 e. The first kappa shape index (κ1) is 10.0. The Morgan fingerprint density at radius 1 is 1.46 bits per heavy atom. The van der Waals surface area contributed by atoms with E-state index in [1.165, 1.54) is 7.11 Å². The van der Waals surface area contributed by atoms with Crippen LogP contribution in [0.4, 0.5) is 0 Å². The van der Waals surface area contributed by atoms with Crippen LogP contribution in [-0.2, 0) is 14.3 Å². The molecule has 1 aliphatic rings. The molecule has 0 radical (unpaired) electrons. The van der Waals surface area contributed by atoms with Crippen molar-refractivity contribution in [1.29, 1.82) is 0 Å². The Balaban J connectivity index is 2.50. The third kappa shape index (κ3) is 3.05. The summed E-state index contributed by atoms with van der Waals surface area (Å²) in [5.41, 5.74) is 0. The second kappa shape index (κ2) is 4.84. The Morgan fingerprint density at radius 2 is 2.23 bits per heavy atom. The Morgan fingerprint density at radius 3 is 2.92 bits per heavy atom. The zero-order chi connectivity index (χ0) is 9.68. The number of esters is 1. The Kier molecular flexibility index (Phi) is 3.73. The van der Waals surface area contributed by atoms with E-state index in [0.717, 1.165) is 19.3 Å². The van der Waals surface area contributed by atoms with Crippen LogP contribution in [0.1, 0.15) is 32.1 Å². The average molecular weight is 185 g/mol. The fourth-order valence-electron chi connectivity index (χ4n) is 1.47. The Bertz CT molecular complexity index is 203. The summed E-state index contributed by atoms with van der Waals surface area (Å²) in [6, 6.07) is -0.433. The van der Waals surface area contributed by atoms with Crippen molar-refractivity contribution in [1.82, 2.24) is 5.32 Å². The van der Waals surface area contributed by atoms with Gasteiger partial charge in [0.25, 0.3) is 0 Å². The SMILES string of the molecule is COC(=O)C1CCCCCC(=O)N1. The average Bonchev–Trinajstić information content (AvgIpc) is 2.10. The molecule has 1 fully saturated rings. The van der Waals surface area contributed by atoms with Gasteiger partial charge in [-0.1, -0.05) is 12.8 Å². The molecule has 1 unspecified atom stereocenters. The van der Waals surface area contributed by atoms with E-state index in [0.29, 0.717) is 12.8 Å². The highest BCUT2D eigenvalue weighted by molar-refractivity contribution is 5.84. The molecule has 0 spiro atoms. The largest absolute Gasteiger partial charge is 0.467 e. The molecular formula is C9H15NO3. The number of hydrogen-bond donors (Lipinski definition) is 1. The van der Waals surface area contributed by atoms with Gasteiger partial charge in [0.05, 0.1) is 7.11 Å². The second-order valence-electron chi connectivity index (χ2n) is 3.24. The molecule has 1 heterocycles. The van der Waals surface area contributed by atoms with Gasteiger partial charge in [-0.3, -0.25) is 4.79 Å². The summed E-state index contributed by atoms with van der Waals surface area (Å²) in [4.78, 5) is 22.3. The maximum absolute atomic E-state index is 11.1. The fraction of sp³-hybridized carbons (Fsp3) is 0.778. The van der Waals surface area contributed by atoms with E-state index >= 15 is 0 Å². The van der Waals surface area contributed by atoms with Gasteiger partial charge in [0.2, 0.25) is 5.91 Å². The van der Waals surface area contributed by atoms with Crippen molar-refractivity contribution in [2.45, 2.75) is 38.1 Å². The number of ether oxygens (including phenoxy) is 1. The van der Waals surface area contributed by atoms with Crippen LogP contribution in [0.15, 0.2) is 0 Å². The number of carbonyl (C=O) groups is 2. The predicted molar refractivity (Wildman–Crippen MR) is 47.0 cm³/mol. The highest BCUT2D eigenvalue weighted by Crippen LogP contribution is 2.10. The lowest BCUT2D eigenvalue weighted by atomic mass is 10.0. The number of methoxy groups -OCH3 is 1. The third-order valence-electron chi connectivity index (χ3n) is 2.22. The molecule has 0 aromatic rings. The van der Waals surface area contributed by atoms with Crippen LogP contribution in [0.5, 0.6) is 0 Å². The number of hydrogen-bond acceptors (Lipinski definition) is 3. The van der Waals surface area contributed by atoms with E-state index in [1.807, 2.05) is 0 Å². The third-order valence-corrected chi connectivity index (χ3v) is 2.22. The van der Waals surface area contributed by atoms with E-state index in [9.17, 15) is 9.59 Å². The number of nitrogens with one attached hydrogen (secondary N) is 1. The number of rotatable bonds is 1. The van der Waals surface area contributed by atoms with Crippen molar-refractivity contribution in [3.63, 3.8) is 0 Å². The maximum Gasteiger partial charge on any atom is 0.328 e. The van der Waals surface area contributed by atoms with Crippen molar-refractivity contribution in [3.05, 3.63) is 0 Å². The van der Waals surface area contributed by atoms with Gasteiger partial charge >= 0.3 is 5.97 Å². The zero-order valence-electron chi connectivity index (χ0n) is 7.84. The molecule has 1 amide bonds. The molecule has 1 aliphatic heterocycles. The first-order chi connectivity index (χ1) is 6.24. The van der Waals surface area contributed by atoms with Gasteiger partial charge in [-0.15, -0.1) is 0 Å². The molecule has 13 heavy (non-hydrogen) atoms. The molecule has 74 valence electrons. The molecule has 0 saturated carbocycles. The maximum atomic E-state index is 11.1. The van der Waals surface area contributed by atoms with Crippen LogP contribution in [0.25, 0.3) is 0 Å². The van der Waals surface area contributed by atoms with Crippen LogP contribution in [0.2, 0.25) is 0 Å². The van der Waals surface area contributed by atoms with Crippen LogP contribution in [0, 0.1) is 0 Å². The fourth-order valence-corrected chi connectivity index (χ4v) is 1.47. The van der Waals surface area contributed by atoms with E-state index < -0.39 is 6.04 Å². The van der Waals surface area contributed by atoms with E-state index in [-0.39, 0.29) is 11.9 Å². The minimum atomic E-state index is -0.433. The van der Waals surface area contributed by atoms with E-state index in [4.69, 9.17) is 0 Å². The van der Waals surface area contributed by atoms with Gasteiger partial charge in [-0.05, 0) is 12.8 Å². The normalized spacial score (nSPS) is 24.1. The van der Waals surface area contributed by atoms with Crippen LogP contribution in [0.3, 0.4) is 0 Å². The molecule has 0 aromatic carbocycles. The molecule has 4 nitrogen and oxygen atoms in total. The summed E-state index contributed by atoms with van der Waals surface area (Å²) in [6.07, 6.45) is 4.12. The summed E-state index contributed by atoms with van der Waals surface area (Å²) in [7, 11) is 1.34. The standard InChI is InChI=1S/C9H15NO3/c1-13-9(12)7-5-3-2-4-6-8(11)10-7/h7H,2-6H2,1H3,(H,10,11). The summed E-state index contributed by atoms with van der Waals surface area (Å²) in [6.45, 7) is 0. The molecule has 1 N–H and O–H groups in total. The molecule has 1 atom stereocenters. The van der Waals surface area contributed by atoms with Crippen LogP contribution >= 0.6 is 0 Å². The topological polar surface area (TPSA) is 55.4 Å². The minimum absolute atomic E-state index is 0.0462. The molecule has 0 aliphatic carbocycles. The summed E-state index contributed by atoms with van der Waals surface area (Å²) in [5, 5.41) is 2.66. The van der Waals surface area contributed by atoms with Gasteiger partial charge in [-0.25, -0.2) is 4.79 Å². The lowest BCUT2D eigenvalue weighted by molar-refractivity contribution is -0.145. The van der Waals surface area contributed by atoms with Crippen molar-refractivity contribution >= 4 is 11.9 Å². The Hall–Kier alpha value is -1.06. The van der Waals surface area contributed by atoms with Gasteiger partial charge in [-0.2, -0.15) is 0 Å². The lowest BCUT2D eigenvalue weighted by Crippen LogP contribution is -2.42. The van der Waals surface area contributed by atoms with Crippen molar-refractivity contribution in [2.24, 2.45) is 0 Å². The number of carbonyl (C=O) groups excluding carboxylic acids is 2. The molecule has 0 bridgehead atoms. The minimum Gasteiger partial charge on any atom is -0.467 e. The Labute approximate surface area is 77.6 Å². The first-order valence-electron chi connectivity index (χ1n) is 4.61. The van der Waals surface area contributed by atoms with Crippen LogP contribution < -0.4 is 5.32 Å². The second-order valence-corrected chi connectivity index (χ2v) is 3.24. The quantitative estimate of drug-likeness (QED) is 0.609. The molecular weight excluding hydrogens is 170 g/mol. The number of amides is 1. The van der Waals surface area contributed by atoms with Crippen LogP contribution in [-0.4, -0.2) is 25.0 Å². The zero-order valence-corrected chi connectivity index (χ0v) is 7.84. The van der Waals surface area contributed by atoms with Gasteiger partial charge in [0, 0.05) is 6.42 Å². The predicted octanol–water partition coefficient (Wildman–Crippen LogP) is 0.608. The highest BCUT2D eigenvalue weighted by atomic mass is 16.5. The van der Waals surface area contributed by atoms with Gasteiger partial charge < -0.3 is 10.1 Å². The van der Waals surface area contributed by atoms with E-state index in [1.54, 1.807) is 0 Å². The summed E-state index contributed by atoms with van der Waals surface area (Å²) >= 11 is 0. The first-order valence-corrected chi connectivity index (χ1v) is 4.61. The van der Waals surface area contributed by atoms with E-state index in [2.05, 4.69) is 10.1 Å². The summed E-state index contributed by atoms with van der Waals surface area (Å²) in [5.74, 6) is -0.384. The monoisotopic (exact) mass is 185 g/mol. The molecule has 1 rings (SSSR count). The van der Waals surface area contributed by atoms with Gasteiger partial charge in [0.1, 0.15) is 6.04 Å². The lowest BCUT2D eigenvalue weighted by Gasteiger charge is -2.18. The summed E-state index contributed by atoms with van der Waals surface area (Å²) < 4.78 is 4.58. The molecule has 1 saturated heterocycles. The van der Waals surface area contributed by atoms with Gasteiger partial charge in [0.15, 0.2) is 0 Å². The highest BCUT2D eigenvalue weighted by Gasteiger charge is 2.22. The van der Waals surface area contributed by atoms with Crippen molar-refractivity contribution < 1.29 is 14.3 Å². The van der Waals surface area contributed by atoms with Crippen molar-refractivity contribution in [3.8, 4) is 0 Å². The molecule has 0 aromatic heterocycles.